The van der Waals surface area contributed by atoms with Gasteiger partial charge in [-0.25, -0.2) is 0 Å². The number of allylic oxidation sites excluding steroid dienone is 1. The van der Waals surface area contributed by atoms with E-state index in [1.54, 1.807) is 0 Å². The zero-order valence-electron chi connectivity index (χ0n) is 21.5. The molecule has 0 N–H and O–H groups in total. The van der Waals surface area contributed by atoms with Gasteiger partial charge in [0.1, 0.15) is 6.10 Å². The third-order valence-electron chi connectivity index (χ3n) is 10.1. The molecule has 182 valence electrons. The molecule has 4 nitrogen and oxygen atoms in total. The molecule has 4 heteroatoms. The predicted molar refractivity (Wildman–Crippen MR) is 127 cm³/mol. The van der Waals surface area contributed by atoms with Crippen molar-refractivity contribution >= 4 is 5.97 Å². The van der Waals surface area contributed by atoms with Gasteiger partial charge in [0.15, 0.2) is 5.79 Å². The van der Waals surface area contributed by atoms with Gasteiger partial charge in [-0.15, -0.1) is 0 Å². The van der Waals surface area contributed by atoms with Gasteiger partial charge < -0.3 is 14.2 Å². The molecule has 1 saturated heterocycles. The first-order chi connectivity index (χ1) is 15.0. The SMILES string of the molecule is COC(=O)CCC[C@@H](C)[C@H]1CC[C@H]2[C@@H]3CC=C([C@@H]4COC(C)(C)O4)C(C)(C)[C@H]3CC[C@]12C. The number of methoxy groups -OCH3 is 1. The number of rotatable bonds is 6. The summed E-state index contributed by atoms with van der Waals surface area (Å²) in [6, 6.07) is 0. The Labute approximate surface area is 195 Å². The first-order valence-corrected chi connectivity index (χ1v) is 13.1. The fourth-order valence-electron chi connectivity index (χ4n) is 8.49. The molecule has 7 atom stereocenters. The van der Waals surface area contributed by atoms with Crippen LogP contribution in [0.5, 0.6) is 0 Å². The van der Waals surface area contributed by atoms with Crippen LogP contribution in [0, 0.1) is 40.4 Å². The van der Waals surface area contributed by atoms with Gasteiger partial charge in [-0.2, -0.15) is 0 Å². The summed E-state index contributed by atoms with van der Waals surface area (Å²) < 4.78 is 17.1. The van der Waals surface area contributed by atoms with Crippen molar-refractivity contribution in [1.82, 2.24) is 0 Å². The van der Waals surface area contributed by atoms with Gasteiger partial charge >= 0.3 is 5.97 Å². The summed E-state index contributed by atoms with van der Waals surface area (Å²) >= 11 is 0. The summed E-state index contributed by atoms with van der Waals surface area (Å²) in [4.78, 5) is 11.5. The normalized spacial score (nSPS) is 40.8. The summed E-state index contributed by atoms with van der Waals surface area (Å²) in [7, 11) is 1.49. The molecule has 1 heterocycles. The van der Waals surface area contributed by atoms with Crippen molar-refractivity contribution < 1.29 is 19.0 Å². The lowest BCUT2D eigenvalue weighted by Crippen LogP contribution is -2.50. The number of esters is 1. The van der Waals surface area contributed by atoms with Gasteiger partial charge in [0.05, 0.1) is 13.7 Å². The molecular formula is C28H46O4. The van der Waals surface area contributed by atoms with Crippen LogP contribution in [0.15, 0.2) is 11.6 Å². The van der Waals surface area contributed by atoms with Crippen molar-refractivity contribution in [2.45, 2.75) is 105 Å². The molecular weight excluding hydrogens is 400 g/mol. The molecule has 0 spiro atoms. The number of hydrogen-bond donors (Lipinski definition) is 0. The molecule has 0 unspecified atom stereocenters. The van der Waals surface area contributed by atoms with Gasteiger partial charge in [0.25, 0.3) is 0 Å². The minimum atomic E-state index is -0.466. The summed E-state index contributed by atoms with van der Waals surface area (Å²) in [6.07, 6.45) is 11.9. The zero-order valence-corrected chi connectivity index (χ0v) is 21.5. The van der Waals surface area contributed by atoms with E-state index in [2.05, 4.69) is 33.8 Å². The molecule has 0 aromatic rings. The lowest BCUT2D eigenvalue weighted by Gasteiger charge is -2.56. The van der Waals surface area contributed by atoms with Crippen LogP contribution >= 0.6 is 0 Å². The molecule has 3 aliphatic carbocycles. The Morgan fingerprint density at radius 1 is 1.16 bits per heavy atom. The minimum Gasteiger partial charge on any atom is -0.469 e. The second-order valence-electron chi connectivity index (χ2n) is 12.5. The van der Waals surface area contributed by atoms with Crippen molar-refractivity contribution in [3.63, 3.8) is 0 Å². The summed E-state index contributed by atoms with van der Waals surface area (Å²) in [5, 5.41) is 0. The van der Waals surface area contributed by atoms with Crippen molar-refractivity contribution in [2.24, 2.45) is 40.4 Å². The lowest BCUT2D eigenvalue weighted by molar-refractivity contribution is -0.140. The first-order valence-electron chi connectivity index (χ1n) is 13.1. The van der Waals surface area contributed by atoms with E-state index in [9.17, 15) is 4.79 Å². The molecule has 2 saturated carbocycles. The molecule has 32 heavy (non-hydrogen) atoms. The third kappa shape index (κ3) is 4.19. The fraction of sp³-hybridized carbons (Fsp3) is 0.893. The molecule has 4 rings (SSSR count). The van der Waals surface area contributed by atoms with Crippen LogP contribution in [0.2, 0.25) is 0 Å². The largest absolute Gasteiger partial charge is 0.469 e. The Balaban J connectivity index is 1.46. The molecule has 4 aliphatic rings. The van der Waals surface area contributed by atoms with Crippen LogP contribution < -0.4 is 0 Å². The summed E-state index contributed by atoms with van der Waals surface area (Å²) in [5.74, 6) is 3.28. The Morgan fingerprint density at radius 2 is 1.91 bits per heavy atom. The van der Waals surface area contributed by atoms with Gasteiger partial charge in [-0.1, -0.05) is 33.8 Å². The number of hydrogen-bond acceptors (Lipinski definition) is 4. The second-order valence-corrected chi connectivity index (χ2v) is 12.5. The quantitative estimate of drug-likeness (QED) is 0.343. The molecule has 0 aromatic carbocycles. The van der Waals surface area contributed by atoms with Gasteiger partial charge in [-0.3, -0.25) is 4.79 Å². The Kier molecular flexibility index (Phi) is 6.62. The van der Waals surface area contributed by atoms with Crippen molar-refractivity contribution in [2.75, 3.05) is 13.7 Å². The van der Waals surface area contributed by atoms with E-state index in [-0.39, 0.29) is 17.5 Å². The smallest absolute Gasteiger partial charge is 0.305 e. The number of fused-ring (bicyclic) bond motifs is 3. The van der Waals surface area contributed by atoms with Crippen molar-refractivity contribution in [3.05, 3.63) is 11.6 Å². The summed E-state index contributed by atoms with van der Waals surface area (Å²) in [6.45, 7) is 14.7. The van der Waals surface area contributed by atoms with Crippen LogP contribution in [-0.2, 0) is 19.0 Å². The average Bonchev–Trinajstić information content (AvgIpc) is 3.26. The number of carbonyl (C=O) groups excluding carboxylic acids is 1. The van der Waals surface area contributed by atoms with E-state index in [0.29, 0.717) is 24.4 Å². The van der Waals surface area contributed by atoms with Crippen molar-refractivity contribution in [1.29, 1.82) is 0 Å². The third-order valence-corrected chi connectivity index (χ3v) is 10.1. The van der Waals surface area contributed by atoms with Gasteiger partial charge in [0, 0.05) is 6.42 Å². The highest BCUT2D eigenvalue weighted by molar-refractivity contribution is 5.68. The molecule has 0 aromatic heterocycles. The Morgan fingerprint density at radius 3 is 2.56 bits per heavy atom. The standard InChI is InChI=1S/C28H46O4/c1-18(9-8-10-25(29)30-7)20-13-14-22-19-11-12-23(24-17-31-27(4,5)32-24)26(2,3)21(19)15-16-28(20,22)6/h12,18-22,24H,8-11,13-17H2,1-7H3/t18-,19-,20-,21+,22+,24+,28-/m1/s1. The predicted octanol–water partition coefficient (Wildman–Crippen LogP) is 6.53. The number of carbonyl (C=O) groups is 1. The molecule has 1 aliphatic heterocycles. The maximum Gasteiger partial charge on any atom is 0.305 e. The fourth-order valence-corrected chi connectivity index (χ4v) is 8.49. The van der Waals surface area contributed by atoms with E-state index in [4.69, 9.17) is 14.2 Å². The highest BCUT2D eigenvalue weighted by atomic mass is 16.7. The average molecular weight is 447 g/mol. The van der Waals surface area contributed by atoms with E-state index in [1.165, 1.54) is 44.8 Å². The van der Waals surface area contributed by atoms with Gasteiger partial charge in [0.2, 0.25) is 0 Å². The molecule has 0 bridgehead atoms. The van der Waals surface area contributed by atoms with E-state index in [1.807, 2.05) is 13.8 Å². The topological polar surface area (TPSA) is 44.8 Å². The monoisotopic (exact) mass is 446 g/mol. The van der Waals surface area contributed by atoms with Crippen LogP contribution in [0.25, 0.3) is 0 Å². The highest BCUT2D eigenvalue weighted by Crippen LogP contribution is 2.66. The summed E-state index contributed by atoms with van der Waals surface area (Å²) in [5.41, 5.74) is 2.10. The molecule has 0 amide bonds. The van der Waals surface area contributed by atoms with E-state index < -0.39 is 5.79 Å². The Hall–Kier alpha value is -0.870. The minimum absolute atomic E-state index is 0.0692. The maximum absolute atomic E-state index is 11.5. The molecule has 3 fully saturated rings. The maximum atomic E-state index is 11.5. The zero-order chi connectivity index (χ0) is 23.3. The Bertz CT molecular complexity index is 738. The van der Waals surface area contributed by atoms with E-state index >= 15 is 0 Å². The van der Waals surface area contributed by atoms with Gasteiger partial charge in [-0.05, 0) is 105 Å². The van der Waals surface area contributed by atoms with Crippen molar-refractivity contribution in [3.8, 4) is 0 Å². The second kappa shape index (κ2) is 8.73. The van der Waals surface area contributed by atoms with Crippen LogP contribution in [0.3, 0.4) is 0 Å². The first kappa shape index (κ1) is 24.3. The molecule has 0 radical (unpaired) electrons. The lowest BCUT2D eigenvalue weighted by atomic mass is 9.49. The van der Waals surface area contributed by atoms with Crippen LogP contribution in [0.4, 0.5) is 0 Å². The van der Waals surface area contributed by atoms with E-state index in [0.717, 1.165) is 36.5 Å². The highest BCUT2D eigenvalue weighted by Gasteiger charge is 2.58. The van der Waals surface area contributed by atoms with Crippen LogP contribution in [-0.4, -0.2) is 31.6 Å². The van der Waals surface area contributed by atoms with Crippen LogP contribution in [0.1, 0.15) is 92.9 Å². The number of ether oxygens (including phenoxy) is 3.